The number of hydrogen-bond acceptors (Lipinski definition) is 5. The maximum Gasteiger partial charge on any atom is 0.219 e. The first-order chi connectivity index (χ1) is 8.66. The average Bonchev–Trinajstić information content (AvgIpc) is 3.11. The molecule has 2 aliphatic rings. The topological polar surface area (TPSA) is 65.1 Å². The van der Waals surface area contributed by atoms with Crippen molar-refractivity contribution in [2.24, 2.45) is 0 Å². The van der Waals surface area contributed by atoms with Gasteiger partial charge in [0.05, 0.1) is 12.2 Å². The molecule has 5 nitrogen and oxygen atoms in total. The van der Waals surface area contributed by atoms with E-state index in [1.54, 1.807) is 18.2 Å². The standard InChI is InChI=1S/C13H12O5/c1-7(14)12-11(15)9-3-2-4-10(13(9)18-12)17-6-8-5-16-8/h2-4,8,12H,5-6H2,1H3/t8?,12-/m0/s1. The molecular formula is C13H12O5. The fourth-order valence-corrected chi connectivity index (χ4v) is 1.87. The van der Waals surface area contributed by atoms with Crippen LogP contribution in [0.15, 0.2) is 18.2 Å². The molecule has 0 N–H and O–H groups in total. The van der Waals surface area contributed by atoms with Crippen molar-refractivity contribution in [2.45, 2.75) is 19.1 Å². The molecule has 1 fully saturated rings. The maximum absolute atomic E-state index is 11.9. The van der Waals surface area contributed by atoms with Gasteiger partial charge in [-0.1, -0.05) is 6.07 Å². The van der Waals surface area contributed by atoms with Crippen LogP contribution in [-0.2, 0) is 9.53 Å². The van der Waals surface area contributed by atoms with E-state index < -0.39 is 6.10 Å². The van der Waals surface area contributed by atoms with Crippen LogP contribution < -0.4 is 9.47 Å². The Bertz CT molecular complexity index is 518. The SMILES string of the molecule is CC(=O)[C@@H]1Oc2c(OCC3CO3)cccc2C1=O. The predicted molar refractivity (Wildman–Crippen MR) is 61.1 cm³/mol. The van der Waals surface area contributed by atoms with Crippen molar-refractivity contribution >= 4 is 11.6 Å². The van der Waals surface area contributed by atoms with E-state index in [-0.39, 0.29) is 17.7 Å². The monoisotopic (exact) mass is 248 g/mol. The summed E-state index contributed by atoms with van der Waals surface area (Å²) in [6.07, 6.45) is -0.900. The lowest BCUT2D eigenvalue weighted by Gasteiger charge is -2.09. The summed E-state index contributed by atoms with van der Waals surface area (Å²) in [5.74, 6) is 0.252. The smallest absolute Gasteiger partial charge is 0.219 e. The number of ether oxygens (including phenoxy) is 3. The quantitative estimate of drug-likeness (QED) is 0.587. The molecule has 94 valence electrons. The van der Waals surface area contributed by atoms with Gasteiger partial charge >= 0.3 is 0 Å². The fraction of sp³-hybridized carbons (Fsp3) is 0.385. The molecule has 0 spiro atoms. The van der Waals surface area contributed by atoms with Gasteiger partial charge in [-0.25, -0.2) is 0 Å². The first-order valence-corrected chi connectivity index (χ1v) is 5.75. The zero-order chi connectivity index (χ0) is 12.7. The zero-order valence-electron chi connectivity index (χ0n) is 9.84. The lowest BCUT2D eigenvalue weighted by atomic mass is 10.1. The number of epoxide rings is 1. The molecule has 0 aromatic heterocycles. The summed E-state index contributed by atoms with van der Waals surface area (Å²) in [5, 5.41) is 0. The number of Topliss-reactive ketones (excluding diaryl/α,β-unsaturated/α-hetero) is 2. The molecule has 0 radical (unpaired) electrons. The summed E-state index contributed by atoms with van der Waals surface area (Å²) in [6.45, 7) is 2.47. The van der Waals surface area contributed by atoms with Crippen molar-refractivity contribution in [1.82, 2.24) is 0 Å². The van der Waals surface area contributed by atoms with E-state index in [4.69, 9.17) is 14.2 Å². The molecule has 2 atom stereocenters. The summed E-state index contributed by atoms with van der Waals surface area (Å²) in [7, 11) is 0. The van der Waals surface area contributed by atoms with Crippen LogP contribution in [0.4, 0.5) is 0 Å². The molecule has 2 heterocycles. The second-order valence-electron chi connectivity index (χ2n) is 4.37. The van der Waals surface area contributed by atoms with Gasteiger partial charge in [0.25, 0.3) is 0 Å². The molecule has 18 heavy (non-hydrogen) atoms. The summed E-state index contributed by atoms with van der Waals surface area (Å²) in [4.78, 5) is 23.2. The second-order valence-corrected chi connectivity index (χ2v) is 4.37. The Morgan fingerprint density at radius 3 is 2.94 bits per heavy atom. The lowest BCUT2D eigenvalue weighted by molar-refractivity contribution is -0.121. The highest BCUT2D eigenvalue weighted by Gasteiger charge is 2.37. The van der Waals surface area contributed by atoms with Crippen molar-refractivity contribution in [2.75, 3.05) is 13.2 Å². The van der Waals surface area contributed by atoms with Crippen molar-refractivity contribution in [3.63, 3.8) is 0 Å². The van der Waals surface area contributed by atoms with E-state index in [0.717, 1.165) is 0 Å². The third-order valence-electron chi connectivity index (χ3n) is 2.91. The Kier molecular flexibility index (Phi) is 2.56. The largest absolute Gasteiger partial charge is 0.487 e. The van der Waals surface area contributed by atoms with Crippen molar-refractivity contribution in [1.29, 1.82) is 0 Å². The predicted octanol–water partition coefficient (Wildman–Crippen LogP) is 0.997. The Labute approximate surface area is 104 Å². The van der Waals surface area contributed by atoms with Gasteiger partial charge in [-0.05, 0) is 19.1 Å². The van der Waals surface area contributed by atoms with Crippen LogP contribution in [0.25, 0.3) is 0 Å². The molecule has 0 saturated carbocycles. The Morgan fingerprint density at radius 1 is 1.50 bits per heavy atom. The second kappa shape index (κ2) is 4.10. The van der Waals surface area contributed by atoms with Gasteiger partial charge in [0.2, 0.25) is 11.9 Å². The summed E-state index contributed by atoms with van der Waals surface area (Å²) in [6, 6.07) is 5.07. The Morgan fingerprint density at radius 2 is 2.28 bits per heavy atom. The molecule has 5 heteroatoms. The minimum Gasteiger partial charge on any atom is -0.487 e. The number of rotatable bonds is 4. The highest BCUT2D eigenvalue weighted by Crippen LogP contribution is 2.38. The number of para-hydroxylation sites is 1. The zero-order valence-corrected chi connectivity index (χ0v) is 9.84. The number of ketones is 2. The molecular weight excluding hydrogens is 236 g/mol. The van der Waals surface area contributed by atoms with E-state index in [1.807, 2.05) is 0 Å². The van der Waals surface area contributed by atoms with Crippen molar-refractivity contribution < 1.29 is 23.8 Å². The van der Waals surface area contributed by atoms with E-state index in [2.05, 4.69) is 0 Å². The summed E-state index contributed by atoms with van der Waals surface area (Å²) >= 11 is 0. The lowest BCUT2D eigenvalue weighted by Crippen LogP contribution is -2.28. The van der Waals surface area contributed by atoms with Crippen LogP contribution >= 0.6 is 0 Å². The first-order valence-electron chi connectivity index (χ1n) is 5.75. The van der Waals surface area contributed by atoms with Gasteiger partial charge in [0.15, 0.2) is 17.3 Å². The summed E-state index contributed by atoms with van der Waals surface area (Å²) < 4.78 is 16.0. The van der Waals surface area contributed by atoms with Gasteiger partial charge in [-0.2, -0.15) is 0 Å². The van der Waals surface area contributed by atoms with E-state index in [9.17, 15) is 9.59 Å². The summed E-state index contributed by atoms with van der Waals surface area (Å²) in [5.41, 5.74) is 0.407. The fourth-order valence-electron chi connectivity index (χ4n) is 1.87. The molecule has 3 rings (SSSR count). The molecule has 0 amide bonds. The van der Waals surface area contributed by atoms with Crippen LogP contribution in [0.3, 0.4) is 0 Å². The van der Waals surface area contributed by atoms with Gasteiger partial charge in [0.1, 0.15) is 12.7 Å². The van der Waals surface area contributed by atoms with Crippen molar-refractivity contribution in [3.8, 4) is 11.5 Å². The Hall–Kier alpha value is -1.88. The number of benzene rings is 1. The molecule has 1 aromatic rings. The van der Waals surface area contributed by atoms with Crippen LogP contribution in [0, 0.1) is 0 Å². The van der Waals surface area contributed by atoms with Crippen molar-refractivity contribution in [3.05, 3.63) is 23.8 Å². The molecule has 0 aliphatic carbocycles. The number of fused-ring (bicyclic) bond motifs is 1. The normalized spacial score (nSPS) is 24.4. The van der Waals surface area contributed by atoms with Crippen LogP contribution in [-0.4, -0.2) is 37.0 Å². The molecule has 2 aliphatic heterocycles. The third-order valence-corrected chi connectivity index (χ3v) is 2.91. The maximum atomic E-state index is 11.9. The van der Waals surface area contributed by atoms with E-state index in [0.29, 0.717) is 30.3 Å². The highest BCUT2D eigenvalue weighted by atomic mass is 16.6. The number of carbonyl (C=O) groups excluding carboxylic acids is 2. The minimum absolute atomic E-state index is 0.126. The van der Waals surface area contributed by atoms with Gasteiger partial charge in [-0.15, -0.1) is 0 Å². The molecule has 1 aromatic carbocycles. The molecule has 1 unspecified atom stereocenters. The van der Waals surface area contributed by atoms with E-state index in [1.165, 1.54) is 6.92 Å². The van der Waals surface area contributed by atoms with Crippen LogP contribution in [0.1, 0.15) is 17.3 Å². The minimum atomic E-state index is -1.03. The van der Waals surface area contributed by atoms with Gasteiger partial charge < -0.3 is 14.2 Å². The van der Waals surface area contributed by atoms with Crippen LogP contribution in [0.2, 0.25) is 0 Å². The highest BCUT2D eigenvalue weighted by molar-refractivity contribution is 6.16. The third kappa shape index (κ3) is 1.86. The molecule has 0 bridgehead atoms. The first kappa shape index (κ1) is 11.2. The number of carbonyl (C=O) groups is 2. The van der Waals surface area contributed by atoms with Crippen LogP contribution in [0.5, 0.6) is 11.5 Å². The van der Waals surface area contributed by atoms with Gasteiger partial charge in [0, 0.05) is 0 Å². The average molecular weight is 248 g/mol. The van der Waals surface area contributed by atoms with E-state index >= 15 is 0 Å². The van der Waals surface area contributed by atoms with Gasteiger partial charge in [-0.3, -0.25) is 9.59 Å². The molecule has 1 saturated heterocycles. The number of hydrogen-bond donors (Lipinski definition) is 0. The Balaban J connectivity index is 1.86.